The van der Waals surface area contributed by atoms with Crippen LogP contribution in [0.15, 0.2) is 61.1 Å². The second-order valence-corrected chi connectivity index (χ2v) is 7.86. The van der Waals surface area contributed by atoms with E-state index < -0.39 is 0 Å². The molecule has 0 atom stereocenters. The van der Waals surface area contributed by atoms with Gasteiger partial charge in [-0.2, -0.15) is 0 Å². The molecule has 30 heavy (non-hydrogen) atoms. The fourth-order valence-corrected chi connectivity index (χ4v) is 3.86. The molecule has 0 spiro atoms. The molecule has 2 heterocycles. The highest BCUT2D eigenvalue weighted by Gasteiger charge is 2.20. The van der Waals surface area contributed by atoms with Crippen molar-refractivity contribution in [2.24, 2.45) is 5.73 Å². The molecule has 4 aromatic rings. The van der Waals surface area contributed by atoms with E-state index in [1.165, 1.54) is 11.1 Å². The van der Waals surface area contributed by atoms with E-state index in [4.69, 9.17) is 5.73 Å². The van der Waals surface area contributed by atoms with Crippen LogP contribution in [0.3, 0.4) is 0 Å². The zero-order valence-corrected chi connectivity index (χ0v) is 18.0. The molecule has 6 nitrogen and oxygen atoms in total. The third kappa shape index (κ3) is 3.34. The summed E-state index contributed by atoms with van der Waals surface area (Å²) in [6.07, 6.45) is 3.08. The second kappa shape index (κ2) is 7.71. The van der Waals surface area contributed by atoms with Gasteiger partial charge in [0.2, 0.25) is 5.95 Å². The summed E-state index contributed by atoms with van der Waals surface area (Å²) in [5.41, 5.74) is 11.5. The molecule has 0 bridgehead atoms. The third-order valence-corrected chi connectivity index (χ3v) is 5.42. The van der Waals surface area contributed by atoms with Gasteiger partial charge < -0.3 is 15.6 Å². The van der Waals surface area contributed by atoms with Crippen molar-refractivity contribution < 1.29 is 0 Å². The highest BCUT2D eigenvalue weighted by Crippen LogP contribution is 2.33. The Hall–Kier alpha value is -3.54. The topological polar surface area (TPSA) is 73.7 Å². The monoisotopic (exact) mass is 400 g/mol. The maximum atomic E-state index is 5.86. The number of aryl methyl sites for hydroxylation is 2. The van der Waals surface area contributed by atoms with Gasteiger partial charge in [-0.1, -0.05) is 31.7 Å². The van der Waals surface area contributed by atoms with Crippen LogP contribution in [0.25, 0.3) is 28.0 Å². The van der Waals surface area contributed by atoms with Gasteiger partial charge in [-0.3, -0.25) is 4.57 Å². The predicted molar refractivity (Wildman–Crippen MR) is 124 cm³/mol. The molecule has 0 amide bonds. The van der Waals surface area contributed by atoms with Crippen molar-refractivity contribution in [3.05, 3.63) is 72.2 Å². The normalized spacial score (nSPS) is 11.4. The molecule has 0 saturated heterocycles. The van der Waals surface area contributed by atoms with Gasteiger partial charge in [0.15, 0.2) is 5.82 Å². The number of nitrogens with one attached hydrogen (secondary N) is 1. The second-order valence-electron chi connectivity index (χ2n) is 7.86. The summed E-state index contributed by atoms with van der Waals surface area (Å²) in [7, 11) is 0. The highest BCUT2D eigenvalue weighted by atomic mass is 15.4. The van der Waals surface area contributed by atoms with Gasteiger partial charge in [-0.15, -0.1) is 10.2 Å². The van der Waals surface area contributed by atoms with E-state index in [9.17, 15) is 0 Å². The van der Waals surface area contributed by atoms with Crippen molar-refractivity contribution in [3.8, 4) is 17.1 Å². The van der Waals surface area contributed by atoms with Gasteiger partial charge >= 0.3 is 0 Å². The fraction of sp³-hybridized carbons (Fsp3) is 0.250. The molecule has 0 aliphatic rings. The summed E-state index contributed by atoms with van der Waals surface area (Å²) in [5, 5.41) is 13.2. The predicted octanol–water partition coefficient (Wildman–Crippen LogP) is 5.18. The van der Waals surface area contributed by atoms with Crippen molar-refractivity contribution in [1.82, 2.24) is 19.3 Å². The van der Waals surface area contributed by atoms with Crippen LogP contribution in [0.4, 0.5) is 5.95 Å². The van der Waals surface area contributed by atoms with E-state index in [-0.39, 0.29) is 0 Å². The number of hydrogen-bond donors (Lipinski definition) is 2. The Morgan fingerprint density at radius 2 is 1.97 bits per heavy atom. The quantitative estimate of drug-likeness (QED) is 0.467. The first kappa shape index (κ1) is 19.8. The van der Waals surface area contributed by atoms with E-state index in [0.29, 0.717) is 17.8 Å². The van der Waals surface area contributed by atoms with Crippen molar-refractivity contribution in [2.75, 3.05) is 5.32 Å². The number of rotatable bonds is 6. The largest absolute Gasteiger partial charge is 0.386 e. The van der Waals surface area contributed by atoms with E-state index in [1.54, 1.807) is 0 Å². The molecule has 0 aliphatic heterocycles. The lowest BCUT2D eigenvalue weighted by Gasteiger charge is -2.15. The smallest absolute Gasteiger partial charge is 0.235 e. The van der Waals surface area contributed by atoms with E-state index >= 15 is 0 Å². The van der Waals surface area contributed by atoms with Crippen LogP contribution in [-0.2, 0) is 6.42 Å². The molecule has 4 rings (SSSR count). The highest BCUT2D eigenvalue weighted by molar-refractivity contribution is 5.90. The molecule has 6 heteroatoms. The summed E-state index contributed by atoms with van der Waals surface area (Å²) in [4.78, 5) is 0. The van der Waals surface area contributed by atoms with Gasteiger partial charge in [-0.25, -0.2) is 0 Å². The minimum absolute atomic E-state index is 0.321. The van der Waals surface area contributed by atoms with Gasteiger partial charge in [0.25, 0.3) is 0 Å². The fourth-order valence-electron chi connectivity index (χ4n) is 3.86. The molecule has 3 N–H and O–H groups in total. The maximum absolute atomic E-state index is 5.86. The number of nitrogens with zero attached hydrogens (tertiary/aromatic N) is 4. The summed E-state index contributed by atoms with van der Waals surface area (Å²) in [6, 6.07) is 15.3. The minimum atomic E-state index is 0.321. The summed E-state index contributed by atoms with van der Waals surface area (Å²) in [6.45, 7) is 12.4. The van der Waals surface area contributed by atoms with E-state index in [0.717, 1.165) is 34.4 Å². The first-order valence-electron chi connectivity index (χ1n) is 10.3. The van der Waals surface area contributed by atoms with Crippen molar-refractivity contribution in [2.45, 2.75) is 40.2 Å². The number of aromatic nitrogens is 4. The Kier molecular flexibility index (Phi) is 5.08. The van der Waals surface area contributed by atoms with Crippen LogP contribution in [0.2, 0.25) is 0 Å². The maximum Gasteiger partial charge on any atom is 0.235 e. The van der Waals surface area contributed by atoms with Crippen LogP contribution >= 0.6 is 0 Å². The molecule has 0 unspecified atom stereocenters. The van der Waals surface area contributed by atoms with Gasteiger partial charge in [0, 0.05) is 23.2 Å². The standard InChI is InChI=1S/C24H28N6/c1-6-18-11-10-16(4)20(14-18)23-27-28-24(26-17(5)25)30(23)22-9-7-8-21-19(22)12-13-29(21)15(2)3/h7-15H,5-6,25H2,1-4H3,(H,26,28). The molecule has 2 aromatic carbocycles. The molecule has 0 radical (unpaired) electrons. The van der Waals surface area contributed by atoms with E-state index in [1.807, 2.05) is 4.57 Å². The Balaban J connectivity index is 2.01. The lowest BCUT2D eigenvalue weighted by molar-refractivity contribution is 0.623. The van der Waals surface area contributed by atoms with Gasteiger partial charge in [0.05, 0.1) is 17.0 Å². The zero-order valence-electron chi connectivity index (χ0n) is 18.0. The van der Waals surface area contributed by atoms with Crippen molar-refractivity contribution in [1.29, 1.82) is 0 Å². The van der Waals surface area contributed by atoms with Crippen molar-refractivity contribution >= 4 is 16.9 Å². The lowest BCUT2D eigenvalue weighted by Crippen LogP contribution is -2.12. The first-order valence-corrected chi connectivity index (χ1v) is 10.3. The molecule has 154 valence electrons. The molecule has 0 aliphatic carbocycles. The number of fused-ring (bicyclic) bond motifs is 1. The Morgan fingerprint density at radius 1 is 1.17 bits per heavy atom. The van der Waals surface area contributed by atoms with Crippen molar-refractivity contribution in [3.63, 3.8) is 0 Å². The first-order chi connectivity index (χ1) is 14.4. The number of nitrogens with two attached hydrogens (primary N) is 1. The SMILES string of the molecule is C=C(N)Nc1nnc(-c2cc(CC)ccc2C)n1-c1cccc2c1ccn2C(C)C. The molecular weight excluding hydrogens is 372 g/mol. The Morgan fingerprint density at radius 3 is 2.67 bits per heavy atom. The van der Waals surface area contributed by atoms with Crippen LogP contribution in [0.5, 0.6) is 0 Å². The van der Waals surface area contributed by atoms with Crippen LogP contribution in [0.1, 0.15) is 37.9 Å². The summed E-state index contributed by atoms with van der Waals surface area (Å²) >= 11 is 0. The molecule has 0 fully saturated rings. The third-order valence-electron chi connectivity index (χ3n) is 5.42. The average Bonchev–Trinajstić information content (AvgIpc) is 3.32. The summed E-state index contributed by atoms with van der Waals surface area (Å²) < 4.78 is 4.30. The number of hydrogen-bond acceptors (Lipinski definition) is 4. The van der Waals surface area contributed by atoms with Crippen LogP contribution < -0.4 is 11.1 Å². The lowest BCUT2D eigenvalue weighted by atomic mass is 10.0. The van der Waals surface area contributed by atoms with E-state index in [2.05, 4.69) is 103 Å². The molecular formula is C24H28N6. The number of anilines is 1. The number of benzene rings is 2. The average molecular weight is 401 g/mol. The van der Waals surface area contributed by atoms with Gasteiger partial charge in [-0.05, 0) is 62.6 Å². The molecule has 0 saturated carbocycles. The Bertz CT molecular complexity index is 1230. The summed E-state index contributed by atoms with van der Waals surface area (Å²) in [5.74, 6) is 1.64. The van der Waals surface area contributed by atoms with Crippen LogP contribution in [-0.4, -0.2) is 19.3 Å². The van der Waals surface area contributed by atoms with Gasteiger partial charge in [0.1, 0.15) is 0 Å². The molecule has 2 aromatic heterocycles. The zero-order chi connectivity index (χ0) is 21.4. The van der Waals surface area contributed by atoms with Crippen LogP contribution in [0, 0.1) is 6.92 Å². The minimum Gasteiger partial charge on any atom is -0.386 e. The Labute approximate surface area is 177 Å².